The smallest absolute Gasteiger partial charge is 0.159 e. The summed E-state index contributed by atoms with van der Waals surface area (Å²) in [5.41, 5.74) is 0.856. The number of rotatable bonds is 4. The maximum absolute atomic E-state index is 14.2. The highest BCUT2D eigenvalue weighted by molar-refractivity contribution is 9.10. The zero-order valence-electron chi connectivity index (χ0n) is 10.8. The van der Waals surface area contributed by atoms with Crippen molar-refractivity contribution in [2.24, 2.45) is 0 Å². The van der Waals surface area contributed by atoms with Gasteiger partial charge in [0.05, 0.1) is 10.5 Å². The van der Waals surface area contributed by atoms with Crippen LogP contribution in [-0.2, 0) is 0 Å². The highest BCUT2D eigenvalue weighted by Crippen LogP contribution is 2.29. The number of benzene rings is 2. The largest absolute Gasteiger partial charge is 0.306 e. The average Bonchev–Trinajstić information content (AvgIpc) is 2.43. The van der Waals surface area contributed by atoms with E-state index in [1.807, 2.05) is 6.92 Å². The van der Waals surface area contributed by atoms with E-state index in [-0.39, 0.29) is 0 Å². The molecule has 0 saturated carbocycles. The Morgan fingerprint density at radius 1 is 1.10 bits per heavy atom. The molecule has 0 bridgehead atoms. The molecule has 5 heteroatoms. The Hall–Kier alpha value is -1.33. The molecule has 1 atom stereocenters. The summed E-state index contributed by atoms with van der Waals surface area (Å²) < 4.78 is 40.9. The SMILES string of the molecule is CCNC(c1ccc(F)c(F)c1)c1cccc(Br)c1F. The minimum absolute atomic E-state index is 0.334. The van der Waals surface area contributed by atoms with Crippen LogP contribution in [0, 0.1) is 17.5 Å². The molecular formula is C15H13BrF3N. The predicted octanol–water partition coefficient (Wildman–Crippen LogP) is 4.57. The standard InChI is InChI=1S/C15H13BrF3N/c1-2-20-15(9-6-7-12(17)13(18)8-9)10-4-3-5-11(16)14(10)19/h3-8,15,20H,2H2,1H3. The molecule has 2 rings (SSSR count). The first-order valence-corrected chi connectivity index (χ1v) is 6.96. The number of hydrogen-bond donors (Lipinski definition) is 1. The molecule has 1 N–H and O–H groups in total. The van der Waals surface area contributed by atoms with Crippen molar-refractivity contribution in [3.63, 3.8) is 0 Å². The Kier molecular flexibility index (Phi) is 4.83. The minimum Gasteiger partial charge on any atom is -0.306 e. The van der Waals surface area contributed by atoms with E-state index in [1.165, 1.54) is 6.07 Å². The van der Waals surface area contributed by atoms with E-state index in [9.17, 15) is 13.2 Å². The lowest BCUT2D eigenvalue weighted by atomic mass is 9.98. The van der Waals surface area contributed by atoms with E-state index in [2.05, 4.69) is 21.2 Å². The second-order valence-corrected chi connectivity index (χ2v) is 5.16. The molecule has 1 nitrogen and oxygen atoms in total. The lowest BCUT2D eigenvalue weighted by molar-refractivity contribution is 0.501. The molecule has 0 heterocycles. The van der Waals surface area contributed by atoms with Crippen LogP contribution in [-0.4, -0.2) is 6.54 Å². The van der Waals surface area contributed by atoms with Gasteiger partial charge in [-0.1, -0.05) is 25.1 Å². The third kappa shape index (κ3) is 3.04. The van der Waals surface area contributed by atoms with Crippen molar-refractivity contribution in [1.82, 2.24) is 5.32 Å². The average molecular weight is 344 g/mol. The van der Waals surface area contributed by atoms with Gasteiger partial charge >= 0.3 is 0 Å². The second-order valence-electron chi connectivity index (χ2n) is 4.31. The molecule has 2 aromatic carbocycles. The van der Waals surface area contributed by atoms with E-state index in [0.29, 0.717) is 22.1 Å². The van der Waals surface area contributed by atoms with Crippen molar-refractivity contribution < 1.29 is 13.2 Å². The van der Waals surface area contributed by atoms with Crippen molar-refractivity contribution in [2.45, 2.75) is 13.0 Å². The van der Waals surface area contributed by atoms with Crippen LogP contribution in [0.15, 0.2) is 40.9 Å². The van der Waals surface area contributed by atoms with E-state index in [1.54, 1.807) is 18.2 Å². The Morgan fingerprint density at radius 3 is 2.50 bits per heavy atom. The molecule has 0 radical (unpaired) electrons. The van der Waals surface area contributed by atoms with Gasteiger partial charge in [-0.25, -0.2) is 13.2 Å². The van der Waals surface area contributed by atoms with Gasteiger partial charge in [-0.05, 0) is 46.2 Å². The second kappa shape index (κ2) is 6.41. The summed E-state index contributed by atoms with van der Waals surface area (Å²) in [4.78, 5) is 0. The zero-order valence-corrected chi connectivity index (χ0v) is 12.3. The van der Waals surface area contributed by atoms with Crippen molar-refractivity contribution in [2.75, 3.05) is 6.54 Å². The van der Waals surface area contributed by atoms with Gasteiger partial charge in [-0.3, -0.25) is 0 Å². The maximum atomic E-state index is 14.2. The van der Waals surface area contributed by atoms with Crippen LogP contribution < -0.4 is 5.32 Å². The van der Waals surface area contributed by atoms with Crippen LogP contribution in [0.3, 0.4) is 0 Å². The lowest BCUT2D eigenvalue weighted by Gasteiger charge is -2.20. The molecule has 0 saturated heterocycles. The fourth-order valence-electron chi connectivity index (χ4n) is 2.05. The molecule has 0 spiro atoms. The number of hydrogen-bond acceptors (Lipinski definition) is 1. The van der Waals surface area contributed by atoms with E-state index in [0.717, 1.165) is 12.1 Å². The van der Waals surface area contributed by atoms with Gasteiger partial charge in [0, 0.05) is 5.56 Å². The van der Waals surface area contributed by atoms with Crippen LogP contribution in [0.5, 0.6) is 0 Å². The summed E-state index contributed by atoms with van der Waals surface area (Å²) in [5.74, 6) is -2.28. The molecule has 0 aromatic heterocycles. The van der Waals surface area contributed by atoms with Crippen LogP contribution >= 0.6 is 15.9 Å². The van der Waals surface area contributed by atoms with Gasteiger partial charge in [0.1, 0.15) is 5.82 Å². The summed E-state index contributed by atoms with van der Waals surface area (Å²) in [6.45, 7) is 2.43. The van der Waals surface area contributed by atoms with Crippen LogP contribution in [0.2, 0.25) is 0 Å². The Labute approximate surface area is 123 Å². The highest BCUT2D eigenvalue weighted by atomic mass is 79.9. The normalized spacial score (nSPS) is 12.4. The minimum atomic E-state index is -0.944. The topological polar surface area (TPSA) is 12.0 Å². The molecule has 1 unspecified atom stereocenters. The monoisotopic (exact) mass is 343 g/mol. The molecule has 0 aliphatic heterocycles. The number of halogens is 4. The first kappa shape index (κ1) is 15.1. The third-order valence-corrected chi connectivity index (χ3v) is 3.59. The fourth-order valence-corrected chi connectivity index (χ4v) is 2.43. The van der Waals surface area contributed by atoms with Gasteiger partial charge in [0.15, 0.2) is 11.6 Å². The van der Waals surface area contributed by atoms with Crippen molar-refractivity contribution in [3.05, 3.63) is 69.4 Å². The van der Waals surface area contributed by atoms with Crippen molar-refractivity contribution in [1.29, 1.82) is 0 Å². The first-order chi connectivity index (χ1) is 9.54. The molecule has 0 fully saturated rings. The quantitative estimate of drug-likeness (QED) is 0.857. The molecule has 0 amide bonds. The van der Waals surface area contributed by atoms with Gasteiger partial charge < -0.3 is 5.32 Å². The zero-order chi connectivity index (χ0) is 14.7. The molecular weight excluding hydrogens is 331 g/mol. The summed E-state index contributed by atoms with van der Waals surface area (Å²) >= 11 is 3.13. The summed E-state index contributed by atoms with van der Waals surface area (Å²) in [7, 11) is 0. The third-order valence-electron chi connectivity index (χ3n) is 2.98. The predicted molar refractivity (Wildman–Crippen MR) is 76.0 cm³/mol. The van der Waals surface area contributed by atoms with Gasteiger partial charge in [-0.15, -0.1) is 0 Å². The molecule has 106 valence electrons. The van der Waals surface area contributed by atoms with Crippen molar-refractivity contribution >= 4 is 15.9 Å². The van der Waals surface area contributed by atoms with Crippen LogP contribution in [0.1, 0.15) is 24.1 Å². The molecule has 0 aliphatic carbocycles. The van der Waals surface area contributed by atoms with Crippen LogP contribution in [0.4, 0.5) is 13.2 Å². The first-order valence-electron chi connectivity index (χ1n) is 6.16. The Morgan fingerprint density at radius 2 is 1.85 bits per heavy atom. The van der Waals surface area contributed by atoms with Gasteiger partial charge in [-0.2, -0.15) is 0 Å². The van der Waals surface area contributed by atoms with E-state index in [4.69, 9.17) is 0 Å². The number of nitrogens with one attached hydrogen (secondary N) is 1. The summed E-state index contributed by atoms with van der Waals surface area (Å²) in [6, 6.07) is 7.96. The van der Waals surface area contributed by atoms with Crippen LogP contribution in [0.25, 0.3) is 0 Å². The van der Waals surface area contributed by atoms with E-state index < -0.39 is 23.5 Å². The maximum Gasteiger partial charge on any atom is 0.159 e. The summed E-state index contributed by atoms with van der Waals surface area (Å²) in [6.07, 6.45) is 0. The van der Waals surface area contributed by atoms with Crippen molar-refractivity contribution in [3.8, 4) is 0 Å². The summed E-state index contributed by atoms with van der Waals surface area (Å²) in [5, 5.41) is 3.08. The molecule has 20 heavy (non-hydrogen) atoms. The lowest BCUT2D eigenvalue weighted by Crippen LogP contribution is -2.23. The highest BCUT2D eigenvalue weighted by Gasteiger charge is 2.19. The molecule has 0 aliphatic rings. The fraction of sp³-hybridized carbons (Fsp3) is 0.200. The molecule has 2 aromatic rings. The Balaban J connectivity index is 2.50. The Bertz CT molecular complexity index is 616. The van der Waals surface area contributed by atoms with E-state index >= 15 is 0 Å². The van der Waals surface area contributed by atoms with Gasteiger partial charge in [0.2, 0.25) is 0 Å². The van der Waals surface area contributed by atoms with Gasteiger partial charge in [0.25, 0.3) is 0 Å².